The highest BCUT2D eigenvalue weighted by Gasteiger charge is 2.22. The summed E-state index contributed by atoms with van der Waals surface area (Å²) in [5.41, 5.74) is 0.990. The SMILES string of the molecule is CCN(CC)S(=O)(=O)NC(CO)Cc1ccccc1. The molecule has 0 radical (unpaired) electrons. The molecule has 0 spiro atoms. The average Bonchev–Trinajstić information content (AvgIpc) is 2.40. The van der Waals surface area contributed by atoms with Crippen LogP contribution in [0.15, 0.2) is 30.3 Å². The Morgan fingerprint density at radius 1 is 1.21 bits per heavy atom. The van der Waals surface area contributed by atoms with Gasteiger partial charge in [0.1, 0.15) is 0 Å². The van der Waals surface area contributed by atoms with Crippen molar-refractivity contribution in [1.29, 1.82) is 0 Å². The van der Waals surface area contributed by atoms with Crippen molar-refractivity contribution in [2.45, 2.75) is 26.3 Å². The van der Waals surface area contributed by atoms with E-state index in [1.54, 1.807) is 13.8 Å². The molecule has 1 unspecified atom stereocenters. The summed E-state index contributed by atoms with van der Waals surface area (Å²) in [6, 6.07) is 9.00. The average molecular weight is 286 g/mol. The lowest BCUT2D eigenvalue weighted by molar-refractivity contribution is 0.253. The molecule has 1 rings (SSSR count). The maximum absolute atomic E-state index is 12.1. The summed E-state index contributed by atoms with van der Waals surface area (Å²) >= 11 is 0. The van der Waals surface area contributed by atoms with Gasteiger partial charge in [-0.2, -0.15) is 17.4 Å². The number of benzene rings is 1. The van der Waals surface area contributed by atoms with Crippen LogP contribution < -0.4 is 4.72 Å². The van der Waals surface area contributed by atoms with Crippen molar-refractivity contribution in [3.8, 4) is 0 Å². The fourth-order valence-corrected chi connectivity index (χ4v) is 3.30. The van der Waals surface area contributed by atoms with E-state index in [9.17, 15) is 13.5 Å². The second kappa shape index (κ2) is 7.59. The normalized spacial score (nSPS) is 13.7. The predicted octanol–water partition coefficient (Wildman–Crippen LogP) is 0.766. The molecular formula is C13H22N2O3S. The zero-order chi connectivity index (χ0) is 14.3. The first kappa shape index (κ1) is 16.1. The zero-order valence-corrected chi connectivity index (χ0v) is 12.2. The van der Waals surface area contributed by atoms with E-state index in [1.807, 2.05) is 30.3 Å². The molecule has 1 aromatic carbocycles. The van der Waals surface area contributed by atoms with Crippen molar-refractivity contribution < 1.29 is 13.5 Å². The van der Waals surface area contributed by atoms with Gasteiger partial charge in [-0.25, -0.2) is 0 Å². The summed E-state index contributed by atoms with van der Waals surface area (Å²) in [6.07, 6.45) is 0.470. The van der Waals surface area contributed by atoms with Gasteiger partial charge in [-0.1, -0.05) is 44.2 Å². The molecule has 108 valence electrons. The van der Waals surface area contributed by atoms with Crippen molar-refractivity contribution in [3.63, 3.8) is 0 Å². The van der Waals surface area contributed by atoms with Crippen LogP contribution in [0.25, 0.3) is 0 Å². The Balaban J connectivity index is 2.72. The molecule has 0 amide bonds. The molecule has 0 aliphatic heterocycles. The molecule has 0 saturated carbocycles. The number of aliphatic hydroxyl groups is 1. The van der Waals surface area contributed by atoms with Crippen LogP contribution in [0.3, 0.4) is 0 Å². The molecule has 1 atom stereocenters. The highest BCUT2D eigenvalue weighted by atomic mass is 32.2. The molecule has 0 fully saturated rings. The topological polar surface area (TPSA) is 69.6 Å². The summed E-state index contributed by atoms with van der Waals surface area (Å²) in [6.45, 7) is 4.17. The second-order valence-corrected chi connectivity index (χ2v) is 5.98. The van der Waals surface area contributed by atoms with E-state index in [-0.39, 0.29) is 6.61 Å². The maximum Gasteiger partial charge on any atom is 0.279 e. The van der Waals surface area contributed by atoms with E-state index in [1.165, 1.54) is 4.31 Å². The molecular weight excluding hydrogens is 264 g/mol. The van der Waals surface area contributed by atoms with E-state index in [0.717, 1.165) is 5.56 Å². The first-order valence-corrected chi connectivity index (χ1v) is 7.89. The van der Waals surface area contributed by atoms with Crippen LogP contribution >= 0.6 is 0 Å². The molecule has 5 nitrogen and oxygen atoms in total. The smallest absolute Gasteiger partial charge is 0.279 e. The van der Waals surface area contributed by atoms with Crippen LogP contribution in [0.2, 0.25) is 0 Å². The minimum atomic E-state index is -3.53. The van der Waals surface area contributed by atoms with Crippen molar-refractivity contribution in [3.05, 3.63) is 35.9 Å². The van der Waals surface area contributed by atoms with Crippen molar-refractivity contribution in [2.24, 2.45) is 0 Å². The highest BCUT2D eigenvalue weighted by molar-refractivity contribution is 7.87. The van der Waals surface area contributed by atoms with E-state index in [0.29, 0.717) is 19.5 Å². The summed E-state index contributed by atoms with van der Waals surface area (Å²) in [5, 5.41) is 9.33. The minimum Gasteiger partial charge on any atom is -0.395 e. The third kappa shape index (κ3) is 4.91. The summed E-state index contributed by atoms with van der Waals surface area (Å²) in [4.78, 5) is 0. The van der Waals surface area contributed by atoms with Gasteiger partial charge in [-0.15, -0.1) is 0 Å². The molecule has 6 heteroatoms. The van der Waals surface area contributed by atoms with Gasteiger partial charge in [0, 0.05) is 13.1 Å². The van der Waals surface area contributed by atoms with Gasteiger partial charge in [-0.05, 0) is 12.0 Å². The lowest BCUT2D eigenvalue weighted by Gasteiger charge is -2.23. The minimum absolute atomic E-state index is 0.227. The number of nitrogens with zero attached hydrogens (tertiary/aromatic N) is 1. The Labute approximate surface area is 115 Å². The molecule has 0 heterocycles. The van der Waals surface area contributed by atoms with Crippen molar-refractivity contribution in [1.82, 2.24) is 9.03 Å². The fraction of sp³-hybridized carbons (Fsp3) is 0.538. The van der Waals surface area contributed by atoms with Gasteiger partial charge in [0.25, 0.3) is 10.2 Å². The Bertz CT molecular complexity index is 458. The summed E-state index contributed by atoms with van der Waals surface area (Å²) in [5.74, 6) is 0. The van der Waals surface area contributed by atoms with E-state index in [2.05, 4.69) is 4.72 Å². The van der Waals surface area contributed by atoms with E-state index in [4.69, 9.17) is 0 Å². The number of aliphatic hydroxyl groups excluding tert-OH is 1. The first-order chi connectivity index (χ1) is 9.03. The molecule has 1 aromatic rings. The molecule has 2 N–H and O–H groups in total. The number of hydrogen-bond acceptors (Lipinski definition) is 3. The predicted molar refractivity (Wildman–Crippen MR) is 76.0 cm³/mol. The van der Waals surface area contributed by atoms with Crippen LogP contribution in [-0.4, -0.2) is 43.6 Å². The zero-order valence-electron chi connectivity index (χ0n) is 11.4. The Hall–Kier alpha value is -0.950. The van der Waals surface area contributed by atoms with Crippen LogP contribution in [-0.2, 0) is 16.6 Å². The third-order valence-electron chi connectivity index (χ3n) is 2.91. The van der Waals surface area contributed by atoms with Gasteiger partial charge in [0.15, 0.2) is 0 Å². The van der Waals surface area contributed by atoms with Gasteiger partial charge < -0.3 is 5.11 Å². The maximum atomic E-state index is 12.1. The van der Waals surface area contributed by atoms with E-state index < -0.39 is 16.3 Å². The van der Waals surface area contributed by atoms with Crippen LogP contribution in [0.1, 0.15) is 19.4 Å². The lowest BCUT2D eigenvalue weighted by Crippen LogP contribution is -2.47. The Kier molecular flexibility index (Phi) is 6.44. The molecule has 0 aromatic heterocycles. The molecule has 0 bridgehead atoms. The lowest BCUT2D eigenvalue weighted by atomic mass is 10.1. The van der Waals surface area contributed by atoms with Crippen molar-refractivity contribution in [2.75, 3.05) is 19.7 Å². The van der Waals surface area contributed by atoms with Crippen LogP contribution in [0.5, 0.6) is 0 Å². The Morgan fingerprint density at radius 3 is 2.26 bits per heavy atom. The summed E-state index contributed by atoms with van der Waals surface area (Å²) in [7, 11) is -3.53. The molecule has 0 aliphatic rings. The number of nitrogens with one attached hydrogen (secondary N) is 1. The largest absolute Gasteiger partial charge is 0.395 e. The molecule has 0 saturated heterocycles. The van der Waals surface area contributed by atoms with Crippen molar-refractivity contribution >= 4 is 10.2 Å². The summed E-state index contributed by atoms with van der Waals surface area (Å²) < 4.78 is 28.0. The standard InChI is InChI=1S/C13H22N2O3S/c1-3-15(4-2)19(17,18)14-13(11-16)10-12-8-6-5-7-9-12/h5-9,13-14,16H,3-4,10-11H2,1-2H3. The van der Waals surface area contributed by atoms with Gasteiger partial charge in [0.05, 0.1) is 12.6 Å². The fourth-order valence-electron chi connectivity index (χ4n) is 1.89. The molecule has 0 aliphatic carbocycles. The number of rotatable bonds is 8. The Morgan fingerprint density at radius 2 is 1.79 bits per heavy atom. The molecule has 19 heavy (non-hydrogen) atoms. The monoisotopic (exact) mass is 286 g/mol. The highest BCUT2D eigenvalue weighted by Crippen LogP contribution is 2.05. The quantitative estimate of drug-likeness (QED) is 0.741. The first-order valence-electron chi connectivity index (χ1n) is 6.45. The van der Waals surface area contributed by atoms with Crippen LogP contribution in [0, 0.1) is 0 Å². The van der Waals surface area contributed by atoms with Crippen LogP contribution in [0.4, 0.5) is 0 Å². The van der Waals surface area contributed by atoms with Gasteiger partial charge >= 0.3 is 0 Å². The van der Waals surface area contributed by atoms with E-state index >= 15 is 0 Å². The third-order valence-corrected chi connectivity index (χ3v) is 4.73. The van der Waals surface area contributed by atoms with Gasteiger partial charge in [0.2, 0.25) is 0 Å². The second-order valence-electron chi connectivity index (χ2n) is 4.28. The number of hydrogen-bond donors (Lipinski definition) is 2. The van der Waals surface area contributed by atoms with Gasteiger partial charge in [-0.3, -0.25) is 0 Å².